The topological polar surface area (TPSA) is 35.0 Å². The molecule has 2 rings (SSSR count). The lowest BCUT2D eigenvalue weighted by Crippen LogP contribution is -1.95. The predicted molar refractivity (Wildman–Crippen MR) is 63.6 cm³/mol. The number of aromatic nitrogens is 2. The van der Waals surface area contributed by atoms with Crippen LogP contribution in [0.4, 0.5) is 0 Å². The van der Waals surface area contributed by atoms with E-state index < -0.39 is 0 Å². The number of ether oxygens (including phenoxy) is 1. The van der Waals surface area contributed by atoms with Crippen LogP contribution in [-0.4, -0.2) is 16.6 Å². The third kappa shape index (κ3) is 2.14. The van der Waals surface area contributed by atoms with Crippen molar-refractivity contribution in [3.8, 4) is 17.0 Å². The van der Waals surface area contributed by atoms with Gasteiger partial charge in [0.05, 0.1) is 6.61 Å². The van der Waals surface area contributed by atoms with Crippen LogP contribution >= 0.6 is 11.6 Å². The number of rotatable bonds is 3. The zero-order chi connectivity index (χ0) is 11.4. The first kappa shape index (κ1) is 10.9. The lowest BCUT2D eigenvalue weighted by atomic mass is 10.1. The van der Waals surface area contributed by atoms with E-state index in [-0.39, 0.29) is 0 Å². The summed E-state index contributed by atoms with van der Waals surface area (Å²) in [6.45, 7) is 2.55. The van der Waals surface area contributed by atoms with Crippen molar-refractivity contribution >= 4 is 11.6 Å². The number of benzene rings is 1. The number of halogens is 1. The normalized spacial score (nSPS) is 10.1. The fraction of sp³-hybridized carbons (Fsp3) is 0.167. The van der Waals surface area contributed by atoms with E-state index >= 15 is 0 Å². The van der Waals surface area contributed by atoms with Crippen molar-refractivity contribution in [3.05, 3.63) is 41.8 Å². The minimum absolute atomic E-state index is 0.384. The molecule has 4 heteroatoms. The summed E-state index contributed by atoms with van der Waals surface area (Å²) in [6.07, 6.45) is 3.18. The van der Waals surface area contributed by atoms with E-state index in [1.54, 1.807) is 12.4 Å². The van der Waals surface area contributed by atoms with Crippen LogP contribution in [0.3, 0.4) is 0 Å². The van der Waals surface area contributed by atoms with Crippen LogP contribution in [0.1, 0.15) is 6.92 Å². The van der Waals surface area contributed by atoms with E-state index in [2.05, 4.69) is 9.97 Å². The maximum absolute atomic E-state index is 6.00. The molecule has 3 nitrogen and oxygen atoms in total. The van der Waals surface area contributed by atoms with E-state index in [4.69, 9.17) is 16.3 Å². The maximum Gasteiger partial charge on any atom is 0.155 e. The highest BCUT2D eigenvalue weighted by atomic mass is 35.5. The van der Waals surface area contributed by atoms with Crippen molar-refractivity contribution in [2.75, 3.05) is 6.61 Å². The lowest BCUT2D eigenvalue weighted by Gasteiger charge is -2.09. The van der Waals surface area contributed by atoms with Crippen molar-refractivity contribution in [2.24, 2.45) is 0 Å². The van der Waals surface area contributed by atoms with Crippen LogP contribution in [0.5, 0.6) is 5.75 Å². The summed E-state index contributed by atoms with van der Waals surface area (Å²) in [5, 5.41) is 0.384. The minimum atomic E-state index is 0.384. The average molecular weight is 235 g/mol. The molecule has 1 aromatic carbocycles. The summed E-state index contributed by atoms with van der Waals surface area (Å²) in [5.41, 5.74) is 1.51. The van der Waals surface area contributed by atoms with E-state index in [1.165, 1.54) is 0 Å². The summed E-state index contributed by atoms with van der Waals surface area (Å²) in [7, 11) is 0. The molecule has 0 saturated carbocycles. The van der Waals surface area contributed by atoms with Gasteiger partial charge in [-0.25, -0.2) is 4.98 Å². The van der Waals surface area contributed by atoms with E-state index in [9.17, 15) is 0 Å². The van der Waals surface area contributed by atoms with Crippen LogP contribution < -0.4 is 4.74 Å². The zero-order valence-electron chi connectivity index (χ0n) is 8.85. The number of nitrogens with zero attached hydrogens (tertiary/aromatic N) is 2. The third-order valence-electron chi connectivity index (χ3n) is 2.10. The molecule has 0 aliphatic carbocycles. The summed E-state index contributed by atoms with van der Waals surface area (Å²) >= 11 is 6.00. The standard InChI is InChI=1S/C12H11ClN2O/c1-2-16-10-6-4-3-5-9(10)11-12(13)15-8-7-14-11/h3-8H,2H2,1H3. The molecule has 2 aromatic rings. The van der Waals surface area contributed by atoms with Gasteiger partial charge >= 0.3 is 0 Å². The minimum Gasteiger partial charge on any atom is -0.493 e. The molecule has 16 heavy (non-hydrogen) atoms. The van der Waals surface area contributed by atoms with Crippen LogP contribution in [0.15, 0.2) is 36.7 Å². The molecule has 0 saturated heterocycles. The first-order chi connectivity index (χ1) is 7.83. The Balaban J connectivity index is 2.51. The molecule has 0 N–H and O–H groups in total. The van der Waals surface area contributed by atoms with E-state index in [0.717, 1.165) is 11.3 Å². The van der Waals surface area contributed by atoms with Gasteiger partial charge in [-0.2, -0.15) is 0 Å². The van der Waals surface area contributed by atoms with Gasteiger partial charge in [0.25, 0.3) is 0 Å². The second kappa shape index (κ2) is 4.94. The Morgan fingerprint density at radius 1 is 1.19 bits per heavy atom. The Bertz CT molecular complexity index is 488. The molecule has 0 aliphatic rings. The Labute approximate surface area is 99.1 Å². The Morgan fingerprint density at radius 2 is 1.94 bits per heavy atom. The summed E-state index contributed by atoms with van der Waals surface area (Å²) in [4.78, 5) is 8.22. The maximum atomic E-state index is 6.00. The first-order valence-corrected chi connectivity index (χ1v) is 5.39. The summed E-state index contributed by atoms with van der Waals surface area (Å²) in [6, 6.07) is 7.65. The van der Waals surface area contributed by atoms with Gasteiger partial charge in [0.2, 0.25) is 0 Å². The Hall–Kier alpha value is -1.61. The van der Waals surface area contributed by atoms with Gasteiger partial charge in [-0.05, 0) is 19.1 Å². The summed E-state index contributed by atoms with van der Waals surface area (Å²) < 4.78 is 5.52. The average Bonchev–Trinajstić information content (AvgIpc) is 2.31. The number of para-hydroxylation sites is 1. The van der Waals surface area contributed by atoms with Crippen LogP contribution in [0.25, 0.3) is 11.3 Å². The molecule has 0 aliphatic heterocycles. The number of hydrogen-bond donors (Lipinski definition) is 0. The van der Waals surface area contributed by atoms with Gasteiger partial charge in [-0.3, -0.25) is 4.98 Å². The highest BCUT2D eigenvalue weighted by molar-refractivity contribution is 6.31. The van der Waals surface area contributed by atoms with Crippen molar-refractivity contribution in [3.63, 3.8) is 0 Å². The van der Waals surface area contributed by atoms with Crippen LogP contribution in [0, 0.1) is 0 Å². The molecule has 1 aromatic heterocycles. The van der Waals surface area contributed by atoms with Gasteiger partial charge < -0.3 is 4.74 Å². The molecular weight excluding hydrogens is 224 g/mol. The molecule has 0 spiro atoms. The second-order valence-electron chi connectivity index (χ2n) is 3.12. The second-order valence-corrected chi connectivity index (χ2v) is 3.48. The monoisotopic (exact) mass is 234 g/mol. The van der Waals surface area contributed by atoms with Gasteiger partial charge in [-0.1, -0.05) is 23.7 Å². The highest BCUT2D eigenvalue weighted by Crippen LogP contribution is 2.31. The first-order valence-electron chi connectivity index (χ1n) is 5.01. The molecular formula is C12H11ClN2O. The molecule has 0 radical (unpaired) electrons. The van der Waals surface area contributed by atoms with Crippen molar-refractivity contribution in [1.29, 1.82) is 0 Å². The Morgan fingerprint density at radius 3 is 2.69 bits per heavy atom. The number of hydrogen-bond acceptors (Lipinski definition) is 3. The largest absolute Gasteiger partial charge is 0.493 e. The lowest BCUT2D eigenvalue weighted by molar-refractivity contribution is 0.341. The van der Waals surface area contributed by atoms with Crippen molar-refractivity contribution in [1.82, 2.24) is 9.97 Å². The van der Waals surface area contributed by atoms with Gasteiger partial charge in [0, 0.05) is 18.0 Å². The molecule has 0 bridgehead atoms. The molecule has 82 valence electrons. The molecule has 0 fully saturated rings. The highest BCUT2D eigenvalue weighted by Gasteiger charge is 2.10. The van der Waals surface area contributed by atoms with E-state index in [0.29, 0.717) is 17.5 Å². The molecule has 0 amide bonds. The van der Waals surface area contributed by atoms with Gasteiger partial charge in [0.15, 0.2) is 5.15 Å². The van der Waals surface area contributed by atoms with Crippen molar-refractivity contribution < 1.29 is 4.74 Å². The third-order valence-corrected chi connectivity index (χ3v) is 2.37. The zero-order valence-corrected chi connectivity index (χ0v) is 9.61. The smallest absolute Gasteiger partial charge is 0.155 e. The molecule has 0 atom stereocenters. The SMILES string of the molecule is CCOc1ccccc1-c1nccnc1Cl. The fourth-order valence-electron chi connectivity index (χ4n) is 1.45. The predicted octanol–water partition coefficient (Wildman–Crippen LogP) is 3.20. The van der Waals surface area contributed by atoms with Gasteiger partial charge in [0.1, 0.15) is 11.4 Å². The fourth-order valence-corrected chi connectivity index (χ4v) is 1.65. The van der Waals surface area contributed by atoms with Crippen molar-refractivity contribution in [2.45, 2.75) is 6.92 Å². The molecule has 1 heterocycles. The quantitative estimate of drug-likeness (QED) is 0.818. The molecule has 0 unspecified atom stereocenters. The van der Waals surface area contributed by atoms with Gasteiger partial charge in [-0.15, -0.1) is 0 Å². The van der Waals surface area contributed by atoms with Crippen LogP contribution in [0.2, 0.25) is 5.15 Å². The van der Waals surface area contributed by atoms with E-state index in [1.807, 2.05) is 31.2 Å². The summed E-state index contributed by atoms with van der Waals surface area (Å²) in [5.74, 6) is 0.771. The Kier molecular flexibility index (Phi) is 3.37. The van der Waals surface area contributed by atoms with Crippen LogP contribution in [-0.2, 0) is 0 Å².